The molecule has 0 aliphatic carbocycles. The van der Waals surface area contributed by atoms with Gasteiger partial charge >= 0.3 is 5.97 Å². The van der Waals surface area contributed by atoms with Gasteiger partial charge in [-0.1, -0.05) is 54.1 Å². The van der Waals surface area contributed by atoms with Crippen molar-refractivity contribution in [3.05, 3.63) is 76.2 Å². The van der Waals surface area contributed by atoms with Crippen LogP contribution >= 0.6 is 0 Å². The molecule has 0 aliphatic heterocycles. The Morgan fingerprint density at radius 2 is 1.76 bits per heavy atom. The lowest BCUT2D eigenvalue weighted by Gasteiger charge is -2.07. The molecule has 0 aliphatic rings. The number of hydrogen-bond donors (Lipinski definition) is 1. The van der Waals surface area contributed by atoms with E-state index in [4.69, 9.17) is 4.74 Å². The van der Waals surface area contributed by atoms with Crippen molar-refractivity contribution >= 4 is 22.1 Å². The smallest absolute Gasteiger partial charge is 0.321 e. The van der Waals surface area contributed by atoms with Crippen LogP contribution in [0.15, 0.2) is 53.9 Å². The van der Waals surface area contributed by atoms with E-state index in [0.29, 0.717) is 0 Å². The number of ether oxygens (including phenoxy) is 1. The zero-order chi connectivity index (χ0) is 18.3. The summed E-state index contributed by atoms with van der Waals surface area (Å²) in [4.78, 5) is 11.7. The van der Waals surface area contributed by atoms with Crippen LogP contribution < -0.4 is 4.72 Å². The first kappa shape index (κ1) is 18.9. The van der Waals surface area contributed by atoms with E-state index in [1.807, 2.05) is 62.4 Å². The lowest BCUT2D eigenvalue weighted by atomic mass is 10.1. The predicted octanol–water partition coefficient (Wildman–Crippen LogP) is 2.94. The summed E-state index contributed by atoms with van der Waals surface area (Å²) in [6.07, 6.45) is 1.47. The lowest BCUT2D eigenvalue weighted by molar-refractivity contribution is -0.143. The Morgan fingerprint density at radius 3 is 2.44 bits per heavy atom. The molecule has 0 aromatic heterocycles. The number of hydrogen-bond acceptors (Lipinski definition) is 4. The van der Waals surface area contributed by atoms with Gasteiger partial charge in [-0.05, 0) is 36.6 Å². The fourth-order valence-corrected chi connectivity index (χ4v) is 2.79. The first-order valence-corrected chi connectivity index (χ1v) is 9.35. The molecule has 2 aromatic rings. The van der Waals surface area contributed by atoms with Gasteiger partial charge in [0.25, 0.3) is 0 Å². The molecule has 0 heterocycles. The molecule has 2 aromatic carbocycles. The number of aryl methyl sites for hydroxylation is 2. The summed E-state index contributed by atoms with van der Waals surface area (Å²) in [7, 11) is -3.71. The Bertz CT molecular complexity index is 855. The quantitative estimate of drug-likeness (QED) is 0.772. The number of carbonyl (C=O) groups is 1. The van der Waals surface area contributed by atoms with Gasteiger partial charge in [-0.25, -0.2) is 13.1 Å². The number of nitrogens with one attached hydrogen (secondary N) is 1. The molecule has 5 nitrogen and oxygen atoms in total. The number of carbonyl (C=O) groups excluding carboxylic acids is 1. The molecule has 25 heavy (non-hydrogen) atoms. The Morgan fingerprint density at radius 1 is 1.08 bits per heavy atom. The van der Waals surface area contributed by atoms with Crippen LogP contribution in [0.2, 0.25) is 0 Å². The van der Waals surface area contributed by atoms with Crippen LogP contribution in [0, 0.1) is 13.8 Å². The summed E-state index contributed by atoms with van der Waals surface area (Å²) in [6, 6.07) is 14.9. The van der Waals surface area contributed by atoms with Crippen molar-refractivity contribution in [3.8, 4) is 0 Å². The first-order chi connectivity index (χ1) is 11.9. The molecule has 0 spiro atoms. The van der Waals surface area contributed by atoms with Gasteiger partial charge < -0.3 is 4.74 Å². The molecular weight excluding hydrogens is 338 g/mol. The van der Waals surface area contributed by atoms with Gasteiger partial charge in [-0.3, -0.25) is 4.79 Å². The van der Waals surface area contributed by atoms with Crippen molar-refractivity contribution in [2.75, 3.05) is 6.54 Å². The van der Waals surface area contributed by atoms with Crippen LogP contribution in [0.5, 0.6) is 0 Å². The third-order valence-electron chi connectivity index (χ3n) is 3.58. The van der Waals surface area contributed by atoms with Gasteiger partial charge in [0, 0.05) is 5.41 Å². The molecule has 0 amide bonds. The minimum absolute atomic E-state index is 0.118. The van der Waals surface area contributed by atoms with E-state index in [1.165, 1.54) is 6.08 Å². The predicted molar refractivity (Wildman–Crippen MR) is 98.1 cm³/mol. The van der Waals surface area contributed by atoms with E-state index in [1.54, 1.807) is 0 Å². The van der Waals surface area contributed by atoms with E-state index in [-0.39, 0.29) is 6.61 Å². The maximum Gasteiger partial charge on any atom is 0.321 e. The number of esters is 1. The first-order valence-electron chi connectivity index (χ1n) is 7.80. The van der Waals surface area contributed by atoms with Crippen LogP contribution in [0.25, 0.3) is 6.08 Å². The summed E-state index contributed by atoms with van der Waals surface area (Å²) in [5, 5.41) is 1.03. The van der Waals surface area contributed by atoms with Crippen molar-refractivity contribution in [2.24, 2.45) is 0 Å². The number of rotatable bonds is 7. The second-order valence-corrected chi connectivity index (χ2v) is 7.32. The Kier molecular flexibility index (Phi) is 6.50. The van der Waals surface area contributed by atoms with Gasteiger partial charge in [-0.2, -0.15) is 0 Å². The van der Waals surface area contributed by atoms with E-state index >= 15 is 0 Å². The summed E-state index contributed by atoms with van der Waals surface area (Å²) in [5.41, 5.74) is 3.75. The van der Waals surface area contributed by atoms with Crippen molar-refractivity contribution in [1.82, 2.24) is 4.72 Å². The Labute approximate surface area is 148 Å². The van der Waals surface area contributed by atoms with E-state index < -0.39 is 22.5 Å². The van der Waals surface area contributed by atoms with E-state index in [9.17, 15) is 13.2 Å². The molecule has 0 atom stereocenters. The topological polar surface area (TPSA) is 72.5 Å². The molecule has 0 saturated carbocycles. The second-order valence-electron chi connectivity index (χ2n) is 5.67. The molecule has 132 valence electrons. The largest absolute Gasteiger partial charge is 0.460 e. The summed E-state index contributed by atoms with van der Waals surface area (Å²) in [5.74, 6) is -0.629. The highest BCUT2D eigenvalue weighted by Crippen LogP contribution is 2.08. The fraction of sp³-hybridized carbons (Fsp3) is 0.211. The van der Waals surface area contributed by atoms with Crippen LogP contribution in [-0.4, -0.2) is 20.9 Å². The Hall–Kier alpha value is -2.44. The maximum atomic E-state index is 11.9. The van der Waals surface area contributed by atoms with Crippen LogP contribution in [0.4, 0.5) is 0 Å². The van der Waals surface area contributed by atoms with Crippen molar-refractivity contribution < 1.29 is 17.9 Å². The number of sulfonamides is 1. The third-order valence-corrected chi connectivity index (χ3v) is 4.63. The summed E-state index contributed by atoms with van der Waals surface area (Å²) < 4.78 is 31.1. The zero-order valence-electron chi connectivity index (χ0n) is 14.2. The van der Waals surface area contributed by atoms with Gasteiger partial charge in [0.15, 0.2) is 0 Å². The molecule has 0 radical (unpaired) electrons. The average molecular weight is 359 g/mol. The molecular formula is C19H21NO4S. The maximum absolute atomic E-state index is 11.9. The molecule has 0 fully saturated rings. The standard InChI is InChI=1S/C19H21NO4S/c1-15-7-9-17(10-8-15)11-12-25(22,23)20-13-19(21)24-14-18-6-4-3-5-16(18)2/h3-12,20H,13-14H2,1-2H3/b12-11+. The SMILES string of the molecule is Cc1ccc(/C=C/S(=O)(=O)NCC(=O)OCc2ccccc2C)cc1. The van der Waals surface area contributed by atoms with Crippen LogP contribution in [0.3, 0.4) is 0 Å². The highest BCUT2D eigenvalue weighted by atomic mass is 32.2. The van der Waals surface area contributed by atoms with Gasteiger partial charge in [-0.15, -0.1) is 0 Å². The van der Waals surface area contributed by atoms with E-state index in [2.05, 4.69) is 4.72 Å². The normalized spacial score (nSPS) is 11.6. The summed E-state index contributed by atoms with van der Waals surface area (Å²) >= 11 is 0. The molecule has 0 saturated heterocycles. The van der Waals surface area contributed by atoms with Gasteiger partial charge in [0.1, 0.15) is 13.2 Å². The van der Waals surface area contributed by atoms with Gasteiger partial charge in [0.2, 0.25) is 10.0 Å². The molecule has 6 heteroatoms. The van der Waals surface area contributed by atoms with E-state index in [0.717, 1.165) is 27.7 Å². The minimum atomic E-state index is -3.71. The highest BCUT2D eigenvalue weighted by molar-refractivity contribution is 7.92. The Balaban J connectivity index is 1.83. The van der Waals surface area contributed by atoms with Crippen molar-refractivity contribution in [3.63, 3.8) is 0 Å². The average Bonchev–Trinajstić information content (AvgIpc) is 2.59. The highest BCUT2D eigenvalue weighted by Gasteiger charge is 2.10. The third kappa shape index (κ3) is 6.52. The second kappa shape index (κ2) is 8.60. The lowest BCUT2D eigenvalue weighted by Crippen LogP contribution is -2.29. The minimum Gasteiger partial charge on any atom is -0.460 e. The zero-order valence-corrected chi connectivity index (χ0v) is 15.0. The molecule has 0 unspecified atom stereocenters. The molecule has 0 bridgehead atoms. The van der Waals surface area contributed by atoms with Crippen LogP contribution in [0.1, 0.15) is 22.3 Å². The van der Waals surface area contributed by atoms with Crippen molar-refractivity contribution in [2.45, 2.75) is 20.5 Å². The molecule has 1 N–H and O–H groups in total. The summed E-state index contributed by atoms with van der Waals surface area (Å²) in [6.45, 7) is 3.58. The van der Waals surface area contributed by atoms with Gasteiger partial charge in [0.05, 0.1) is 0 Å². The monoisotopic (exact) mass is 359 g/mol. The number of benzene rings is 2. The van der Waals surface area contributed by atoms with Crippen molar-refractivity contribution in [1.29, 1.82) is 0 Å². The molecule has 2 rings (SSSR count). The van der Waals surface area contributed by atoms with Crippen LogP contribution in [-0.2, 0) is 26.2 Å². The fourth-order valence-electron chi connectivity index (χ4n) is 2.03.